The molecule has 2 aliphatic heterocycles. The number of likely N-dealkylation sites (tertiary alicyclic amines) is 1. The second-order valence-electron chi connectivity index (χ2n) is 7.18. The van der Waals surface area contributed by atoms with Gasteiger partial charge in [-0.2, -0.15) is 0 Å². The molecule has 2 aliphatic carbocycles. The molecule has 1 saturated heterocycles. The van der Waals surface area contributed by atoms with Gasteiger partial charge in [0.25, 0.3) is 0 Å². The van der Waals surface area contributed by atoms with Crippen molar-refractivity contribution in [2.24, 2.45) is 11.1 Å². The molecule has 0 radical (unpaired) electrons. The highest BCUT2D eigenvalue weighted by atomic mass is 16.5. The molecule has 0 amide bonds. The Kier molecular flexibility index (Phi) is 2.43. The van der Waals surface area contributed by atoms with Gasteiger partial charge in [-0.3, -0.25) is 0 Å². The number of nitrogens with zero attached hydrogens (tertiary/aromatic N) is 2. The number of rotatable bonds is 1. The van der Waals surface area contributed by atoms with Crippen LogP contribution in [0.2, 0.25) is 0 Å². The van der Waals surface area contributed by atoms with Gasteiger partial charge in [0.05, 0.1) is 0 Å². The molecule has 5 rings (SSSR count). The van der Waals surface area contributed by atoms with E-state index in [1.54, 1.807) is 6.07 Å². The second kappa shape index (κ2) is 4.13. The number of hydrogen-bond donors (Lipinski definition) is 2. The van der Waals surface area contributed by atoms with Crippen molar-refractivity contribution < 1.29 is 14.9 Å². The quantitative estimate of drug-likeness (QED) is 0.608. The van der Waals surface area contributed by atoms with Gasteiger partial charge >= 0.3 is 0 Å². The molecule has 1 fully saturated rings. The molecule has 1 spiro atoms. The highest BCUT2D eigenvalue weighted by molar-refractivity contribution is 5.70. The van der Waals surface area contributed by atoms with E-state index in [-0.39, 0.29) is 22.8 Å². The summed E-state index contributed by atoms with van der Waals surface area (Å²) in [6.07, 6.45) is 4.48. The number of likely N-dealkylation sites (N-methyl/N-ethyl adjacent to an activating group) is 1. The summed E-state index contributed by atoms with van der Waals surface area (Å²) in [6.45, 7) is 0.926. The van der Waals surface area contributed by atoms with Gasteiger partial charge in [0.2, 0.25) is 0 Å². The lowest BCUT2D eigenvalue weighted by molar-refractivity contribution is -0.0453. The largest absolute Gasteiger partial charge is 0.503 e. The third kappa shape index (κ3) is 1.38. The Morgan fingerprint density at radius 1 is 1.43 bits per heavy atom. The van der Waals surface area contributed by atoms with Crippen LogP contribution in [0.5, 0.6) is 11.5 Å². The van der Waals surface area contributed by atoms with Crippen LogP contribution in [0.4, 0.5) is 5.69 Å². The average molecular weight is 314 g/mol. The zero-order valence-corrected chi connectivity index (χ0v) is 12.8. The third-order valence-corrected chi connectivity index (χ3v) is 6.34. The fourth-order valence-corrected chi connectivity index (χ4v) is 5.37. The summed E-state index contributed by atoms with van der Waals surface area (Å²) in [5, 5.41) is 23.8. The van der Waals surface area contributed by atoms with Gasteiger partial charge in [-0.1, -0.05) is 12.2 Å². The molecule has 2 N–H and O–H groups in total. The van der Waals surface area contributed by atoms with Crippen LogP contribution in [-0.4, -0.2) is 47.0 Å². The Labute approximate surface area is 133 Å². The summed E-state index contributed by atoms with van der Waals surface area (Å²) in [5.74, 6) is 0.418. The average Bonchev–Trinajstić information content (AvgIpc) is 2.90. The minimum Gasteiger partial charge on any atom is -0.503 e. The van der Waals surface area contributed by atoms with E-state index in [4.69, 9.17) is 4.74 Å². The standard InChI is InChI=1S/C17H18N2O4/c1-19-5-4-17-9-2-3-12(20)16(17)23-15-13(17)8(7-11(9)19)6-10(18-22)14(15)21/h2-3,6,9,11-12,16,20-21H,4-5,7H2,1H3/t9-,11+,12-,16-,17-/m0/s1. The first-order valence-corrected chi connectivity index (χ1v) is 8.04. The Morgan fingerprint density at radius 3 is 3.04 bits per heavy atom. The Morgan fingerprint density at radius 2 is 2.26 bits per heavy atom. The molecule has 0 aromatic heterocycles. The number of aliphatic hydroxyl groups is 1. The van der Waals surface area contributed by atoms with Crippen molar-refractivity contribution >= 4 is 5.69 Å². The van der Waals surface area contributed by atoms with Gasteiger partial charge in [0.1, 0.15) is 12.2 Å². The normalized spacial score (nSPS) is 39.7. The van der Waals surface area contributed by atoms with Crippen LogP contribution in [0.15, 0.2) is 23.4 Å². The number of phenolic OH excluding ortho intramolecular Hbond substituents is 1. The summed E-state index contributed by atoms with van der Waals surface area (Å²) in [4.78, 5) is 13.4. The van der Waals surface area contributed by atoms with Gasteiger partial charge in [-0.15, -0.1) is 4.91 Å². The Balaban J connectivity index is 1.85. The van der Waals surface area contributed by atoms with Crippen LogP contribution in [0.3, 0.4) is 0 Å². The first kappa shape index (κ1) is 13.5. The van der Waals surface area contributed by atoms with Crippen molar-refractivity contribution in [1.29, 1.82) is 0 Å². The summed E-state index contributed by atoms with van der Waals surface area (Å²) < 4.78 is 6.03. The second-order valence-corrected chi connectivity index (χ2v) is 7.18. The Hall–Kier alpha value is -1.92. The van der Waals surface area contributed by atoms with E-state index >= 15 is 0 Å². The molecular weight excluding hydrogens is 296 g/mol. The van der Waals surface area contributed by atoms with Gasteiger partial charge in [0.15, 0.2) is 17.2 Å². The van der Waals surface area contributed by atoms with Crippen molar-refractivity contribution in [2.45, 2.75) is 36.5 Å². The van der Waals surface area contributed by atoms with Crippen molar-refractivity contribution in [1.82, 2.24) is 4.90 Å². The van der Waals surface area contributed by atoms with Crippen molar-refractivity contribution in [3.05, 3.63) is 34.3 Å². The lowest BCUT2D eigenvalue weighted by atomic mass is 9.53. The molecule has 0 unspecified atom stereocenters. The first-order chi connectivity index (χ1) is 11.1. The molecule has 6 heteroatoms. The van der Waals surface area contributed by atoms with E-state index in [2.05, 4.69) is 23.2 Å². The highest BCUT2D eigenvalue weighted by Gasteiger charge is 2.64. The molecule has 4 aliphatic rings. The minimum absolute atomic E-state index is 0.0235. The van der Waals surface area contributed by atoms with Crippen LogP contribution in [-0.2, 0) is 11.8 Å². The van der Waals surface area contributed by atoms with Crippen LogP contribution in [0, 0.1) is 10.8 Å². The maximum atomic E-state index is 11.1. The fraction of sp³-hybridized carbons (Fsp3) is 0.529. The number of benzene rings is 1. The summed E-state index contributed by atoms with van der Waals surface area (Å²) in [7, 11) is 2.12. The fourth-order valence-electron chi connectivity index (χ4n) is 5.37. The van der Waals surface area contributed by atoms with Gasteiger partial charge < -0.3 is 19.8 Å². The monoisotopic (exact) mass is 314 g/mol. The highest BCUT2D eigenvalue weighted by Crippen LogP contribution is 2.63. The number of aliphatic hydroxyl groups excluding tert-OH is 1. The van der Waals surface area contributed by atoms with Crippen LogP contribution in [0.1, 0.15) is 17.5 Å². The molecular formula is C17H18N2O4. The van der Waals surface area contributed by atoms with Crippen LogP contribution >= 0.6 is 0 Å². The third-order valence-electron chi connectivity index (χ3n) is 6.34. The SMILES string of the molecule is CN1CC[C@]23c4c5cc(N=O)c(O)c4O[C@H]2[C@@H](O)C=C[C@H]3[C@H]1C5. The summed E-state index contributed by atoms with van der Waals surface area (Å²) in [5.41, 5.74) is 1.72. The van der Waals surface area contributed by atoms with E-state index in [1.807, 2.05) is 6.08 Å². The van der Waals surface area contributed by atoms with Crippen LogP contribution < -0.4 is 4.74 Å². The number of hydrogen-bond acceptors (Lipinski definition) is 6. The predicted molar refractivity (Wildman–Crippen MR) is 83.0 cm³/mol. The topological polar surface area (TPSA) is 82.4 Å². The van der Waals surface area contributed by atoms with Gasteiger partial charge in [0, 0.05) is 22.9 Å². The smallest absolute Gasteiger partial charge is 0.187 e. The van der Waals surface area contributed by atoms with Crippen molar-refractivity contribution in [2.75, 3.05) is 13.6 Å². The van der Waals surface area contributed by atoms with E-state index in [9.17, 15) is 15.1 Å². The van der Waals surface area contributed by atoms with Crippen molar-refractivity contribution in [3.63, 3.8) is 0 Å². The van der Waals surface area contributed by atoms with Crippen LogP contribution in [0.25, 0.3) is 0 Å². The molecule has 2 heterocycles. The van der Waals surface area contributed by atoms with Gasteiger partial charge in [-0.25, -0.2) is 0 Å². The zero-order chi connectivity index (χ0) is 15.9. The summed E-state index contributed by atoms with van der Waals surface area (Å²) >= 11 is 0. The molecule has 0 saturated carbocycles. The maximum absolute atomic E-state index is 11.1. The number of nitroso groups, excluding NO2 is 1. The first-order valence-electron chi connectivity index (χ1n) is 8.04. The van der Waals surface area contributed by atoms with E-state index in [1.165, 1.54) is 0 Å². The molecule has 6 nitrogen and oxygen atoms in total. The number of phenols is 1. The van der Waals surface area contributed by atoms with Gasteiger partial charge in [-0.05, 0) is 43.2 Å². The number of piperidine rings is 1. The molecule has 23 heavy (non-hydrogen) atoms. The molecule has 1 aromatic rings. The number of ether oxygens (including phenoxy) is 1. The van der Waals surface area contributed by atoms with E-state index in [0.717, 1.165) is 30.5 Å². The molecule has 120 valence electrons. The minimum atomic E-state index is -0.708. The van der Waals surface area contributed by atoms with E-state index in [0.29, 0.717) is 11.8 Å². The lowest BCUT2D eigenvalue weighted by Crippen LogP contribution is -2.64. The summed E-state index contributed by atoms with van der Waals surface area (Å²) in [6, 6.07) is 2.00. The molecule has 2 bridgehead atoms. The lowest BCUT2D eigenvalue weighted by Gasteiger charge is -2.56. The Bertz CT molecular complexity index is 761. The van der Waals surface area contributed by atoms with E-state index < -0.39 is 12.2 Å². The maximum Gasteiger partial charge on any atom is 0.187 e. The molecule has 5 atom stereocenters. The number of aromatic hydroxyl groups is 1. The zero-order valence-electron chi connectivity index (χ0n) is 12.8. The predicted octanol–water partition coefficient (Wildman–Crippen LogP) is 1.60. The van der Waals surface area contributed by atoms with Crippen molar-refractivity contribution in [3.8, 4) is 11.5 Å². The molecule has 1 aromatic carbocycles.